The minimum absolute atomic E-state index is 0.0974. The van der Waals surface area contributed by atoms with Crippen molar-refractivity contribution >= 4 is 17.5 Å². The number of hydrogen-bond donors (Lipinski definition) is 2. The molecular weight excluding hydrogens is 340 g/mol. The number of nitrogens with zero attached hydrogens (tertiary/aromatic N) is 3. The third-order valence-electron chi connectivity index (χ3n) is 3.75. The number of hydrogen-bond acceptors (Lipinski definition) is 4. The van der Waals surface area contributed by atoms with E-state index in [1.165, 1.54) is 4.80 Å². The smallest absolute Gasteiger partial charge is 0.274 e. The first-order chi connectivity index (χ1) is 12.1. The van der Waals surface area contributed by atoms with Crippen LogP contribution in [0.3, 0.4) is 0 Å². The Balaban J connectivity index is 1.83. The van der Waals surface area contributed by atoms with Crippen LogP contribution in [0.2, 0.25) is 5.02 Å². The van der Waals surface area contributed by atoms with Crippen LogP contribution in [0.15, 0.2) is 54.6 Å². The summed E-state index contributed by atoms with van der Waals surface area (Å²) >= 11 is 5.87. The van der Waals surface area contributed by atoms with Crippen LogP contribution < -0.4 is 5.32 Å². The average molecular weight is 357 g/mol. The molecule has 2 N–H and O–H groups in total. The summed E-state index contributed by atoms with van der Waals surface area (Å²) in [5.41, 5.74) is 1.94. The van der Waals surface area contributed by atoms with Crippen LogP contribution in [0.5, 0.6) is 0 Å². The number of aromatic nitrogens is 3. The monoisotopic (exact) mass is 356 g/mol. The quantitative estimate of drug-likeness (QED) is 0.736. The minimum atomic E-state index is -0.388. The van der Waals surface area contributed by atoms with Gasteiger partial charge < -0.3 is 10.4 Å². The molecule has 25 heavy (non-hydrogen) atoms. The Hall–Kier alpha value is -2.70. The summed E-state index contributed by atoms with van der Waals surface area (Å²) in [7, 11) is 0. The van der Waals surface area contributed by atoms with Crippen molar-refractivity contribution in [2.45, 2.75) is 19.6 Å². The molecule has 0 spiro atoms. The van der Waals surface area contributed by atoms with Gasteiger partial charge in [-0.15, -0.1) is 10.2 Å². The molecule has 0 unspecified atom stereocenters. The summed E-state index contributed by atoms with van der Waals surface area (Å²) in [6.07, 6.45) is 0. The van der Waals surface area contributed by atoms with Crippen LogP contribution in [0.4, 0.5) is 0 Å². The lowest BCUT2D eigenvalue weighted by Crippen LogP contribution is -2.28. The van der Waals surface area contributed by atoms with E-state index in [0.29, 0.717) is 10.7 Å². The third-order valence-corrected chi connectivity index (χ3v) is 4.01. The van der Waals surface area contributed by atoms with E-state index < -0.39 is 0 Å². The molecule has 0 fully saturated rings. The van der Waals surface area contributed by atoms with Crippen LogP contribution >= 0.6 is 11.6 Å². The lowest BCUT2D eigenvalue weighted by atomic mass is 10.1. The van der Waals surface area contributed by atoms with E-state index in [9.17, 15) is 9.90 Å². The number of carbonyl (C=O) groups is 1. The number of aliphatic hydroxyl groups excluding tert-OH is 1. The number of halogens is 1. The van der Waals surface area contributed by atoms with E-state index in [2.05, 4.69) is 15.5 Å². The van der Waals surface area contributed by atoms with Crippen LogP contribution in [0.25, 0.3) is 5.69 Å². The Bertz CT molecular complexity index is 863. The number of nitrogens with one attached hydrogen (secondary N) is 1. The molecule has 1 amide bonds. The zero-order chi connectivity index (χ0) is 17.8. The maximum absolute atomic E-state index is 12.5. The van der Waals surface area contributed by atoms with Crippen LogP contribution in [-0.4, -0.2) is 26.0 Å². The van der Waals surface area contributed by atoms with E-state index >= 15 is 0 Å². The maximum atomic E-state index is 12.5. The second-order valence-electron chi connectivity index (χ2n) is 5.53. The van der Waals surface area contributed by atoms with E-state index in [1.54, 1.807) is 24.3 Å². The van der Waals surface area contributed by atoms with Gasteiger partial charge in [0.05, 0.1) is 18.3 Å². The van der Waals surface area contributed by atoms with Gasteiger partial charge in [-0.1, -0.05) is 41.9 Å². The second kappa shape index (κ2) is 7.46. The predicted molar refractivity (Wildman–Crippen MR) is 94.6 cm³/mol. The lowest BCUT2D eigenvalue weighted by Gasteiger charge is -2.13. The Kier molecular flexibility index (Phi) is 5.11. The molecular formula is C18H17ClN4O2. The summed E-state index contributed by atoms with van der Waals surface area (Å²) in [6.45, 7) is 1.51. The van der Waals surface area contributed by atoms with Gasteiger partial charge in [0.1, 0.15) is 5.69 Å². The molecule has 1 atom stereocenters. The molecule has 1 heterocycles. The van der Waals surface area contributed by atoms with Crippen molar-refractivity contribution in [3.8, 4) is 5.69 Å². The maximum Gasteiger partial charge on any atom is 0.274 e. The first-order valence-electron chi connectivity index (χ1n) is 7.77. The summed E-state index contributed by atoms with van der Waals surface area (Å²) in [5, 5.41) is 21.4. The standard InChI is InChI=1S/C18H17ClN4O2/c1-12(13-5-3-2-4-6-13)20-18(25)17-16(11-24)21-23(22-17)15-9-7-14(19)8-10-15/h2-10,12,24H,11H2,1H3,(H,20,25)/t12-/m0/s1. The van der Waals surface area contributed by atoms with Gasteiger partial charge >= 0.3 is 0 Å². The van der Waals surface area contributed by atoms with E-state index in [0.717, 1.165) is 5.56 Å². The van der Waals surface area contributed by atoms with E-state index in [-0.39, 0.29) is 29.9 Å². The highest BCUT2D eigenvalue weighted by atomic mass is 35.5. The molecule has 7 heteroatoms. The van der Waals surface area contributed by atoms with Crippen molar-refractivity contribution in [2.75, 3.05) is 0 Å². The molecule has 0 saturated carbocycles. The van der Waals surface area contributed by atoms with E-state index in [4.69, 9.17) is 11.6 Å². The molecule has 3 rings (SSSR count). The SMILES string of the molecule is C[C@H](NC(=O)c1nn(-c2ccc(Cl)cc2)nc1CO)c1ccccc1. The van der Waals surface area contributed by atoms with Crippen molar-refractivity contribution in [3.05, 3.63) is 76.6 Å². The van der Waals surface area contributed by atoms with Gasteiger partial charge in [0.25, 0.3) is 5.91 Å². The highest BCUT2D eigenvalue weighted by Gasteiger charge is 2.20. The summed E-state index contributed by atoms with van der Waals surface area (Å²) < 4.78 is 0. The summed E-state index contributed by atoms with van der Waals surface area (Å²) in [6, 6.07) is 16.3. The van der Waals surface area contributed by atoms with Gasteiger partial charge in [-0.05, 0) is 36.8 Å². The number of carbonyl (C=O) groups excluding carboxylic acids is 1. The van der Waals surface area contributed by atoms with Crippen LogP contribution in [0, 0.1) is 0 Å². The molecule has 2 aromatic carbocycles. The first-order valence-corrected chi connectivity index (χ1v) is 8.15. The normalized spacial score (nSPS) is 12.0. The summed E-state index contributed by atoms with van der Waals surface area (Å²) in [4.78, 5) is 13.9. The molecule has 0 saturated heterocycles. The van der Waals surface area contributed by atoms with Gasteiger partial charge in [0.15, 0.2) is 5.69 Å². The molecule has 0 bridgehead atoms. The molecule has 6 nitrogen and oxygen atoms in total. The van der Waals surface area contributed by atoms with Crippen molar-refractivity contribution in [1.82, 2.24) is 20.3 Å². The molecule has 0 aliphatic heterocycles. The van der Waals surface area contributed by atoms with Gasteiger partial charge in [0.2, 0.25) is 0 Å². The van der Waals surface area contributed by atoms with Gasteiger partial charge in [0, 0.05) is 5.02 Å². The Morgan fingerprint density at radius 3 is 2.48 bits per heavy atom. The average Bonchev–Trinajstić information content (AvgIpc) is 3.07. The van der Waals surface area contributed by atoms with Crippen LogP contribution in [-0.2, 0) is 6.61 Å². The zero-order valence-corrected chi connectivity index (χ0v) is 14.3. The molecule has 0 aliphatic carbocycles. The topological polar surface area (TPSA) is 80.0 Å². The van der Waals surface area contributed by atoms with Gasteiger partial charge in [-0.2, -0.15) is 4.80 Å². The van der Waals surface area contributed by atoms with Crippen molar-refractivity contribution in [3.63, 3.8) is 0 Å². The second-order valence-corrected chi connectivity index (χ2v) is 5.96. The number of aliphatic hydroxyl groups is 1. The number of rotatable bonds is 5. The molecule has 0 aliphatic rings. The third kappa shape index (κ3) is 3.87. The summed E-state index contributed by atoms with van der Waals surface area (Å²) in [5.74, 6) is -0.388. The largest absolute Gasteiger partial charge is 0.390 e. The minimum Gasteiger partial charge on any atom is -0.390 e. The molecule has 1 aromatic heterocycles. The zero-order valence-electron chi connectivity index (χ0n) is 13.6. The molecule has 128 valence electrons. The molecule has 0 radical (unpaired) electrons. The Labute approximate surface area is 150 Å². The number of amides is 1. The number of benzene rings is 2. The van der Waals surface area contributed by atoms with Crippen LogP contribution in [0.1, 0.15) is 34.7 Å². The predicted octanol–water partition coefficient (Wildman–Crippen LogP) is 2.90. The fraction of sp³-hybridized carbons (Fsp3) is 0.167. The first kappa shape index (κ1) is 17.1. The van der Waals surface area contributed by atoms with Gasteiger partial charge in [-0.25, -0.2) is 0 Å². The van der Waals surface area contributed by atoms with Crippen molar-refractivity contribution in [1.29, 1.82) is 0 Å². The molecule has 3 aromatic rings. The van der Waals surface area contributed by atoms with Crippen molar-refractivity contribution in [2.24, 2.45) is 0 Å². The lowest BCUT2D eigenvalue weighted by molar-refractivity contribution is 0.0931. The fourth-order valence-corrected chi connectivity index (χ4v) is 2.53. The Morgan fingerprint density at radius 2 is 1.84 bits per heavy atom. The fourth-order valence-electron chi connectivity index (χ4n) is 2.40. The van der Waals surface area contributed by atoms with Gasteiger partial charge in [-0.3, -0.25) is 4.79 Å². The van der Waals surface area contributed by atoms with Crippen molar-refractivity contribution < 1.29 is 9.90 Å². The van der Waals surface area contributed by atoms with E-state index in [1.807, 2.05) is 37.3 Å². The Morgan fingerprint density at radius 1 is 1.16 bits per heavy atom. The highest BCUT2D eigenvalue weighted by Crippen LogP contribution is 2.15. The highest BCUT2D eigenvalue weighted by molar-refractivity contribution is 6.30.